The lowest BCUT2D eigenvalue weighted by atomic mass is 9.81. The number of nitrogens with zero attached hydrogens (tertiary/aromatic N) is 1. The molecule has 0 spiro atoms. The summed E-state index contributed by atoms with van der Waals surface area (Å²) in [7, 11) is -3.80. The monoisotopic (exact) mass is 489 g/mol. The molecule has 2 aromatic carbocycles. The fourth-order valence-electron chi connectivity index (χ4n) is 3.71. The van der Waals surface area contributed by atoms with Gasteiger partial charge >= 0.3 is 0 Å². The van der Waals surface area contributed by atoms with Gasteiger partial charge in [0.25, 0.3) is 0 Å². The van der Waals surface area contributed by atoms with Crippen LogP contribution in [0.4, 0.5) is 5.69 Å². The van der Waals surface area contributed by atoms with Crippen LogP contribution < -0.4 is 15.3 Å². The summed E-state index contributed by atoms with van der Waals surface area (Å²) in [5.74, 6) is -2.24. The Morgan fingerprint density at radius 1 is 0.941 bits per heavy atom. The molecule has 2 atom stereocenters. The minimum Gasteiger partial charge on any atom is -0.273 e. The van der Waals surface area contributed by atoms with Crippen LogP contribution in [0.15, 0.2) is 60.7 Å². The third kappa shape index (κ3) is 8.46. The van der Waals surface area contributed by atoms with E-state index >= 15 is 0 Å². The molecule has 0 aliphatic carbocycles. The van der Waals surface area contributed by atoms with Gasteiger partial charge in [-0.15, -0.1) is 0 Å². The molecule has 0 aromatic heterocycles. The van der Waals surface area contributed by atoms with Crippen LogP contribution in [0.5, 0.6) is 0 Å². The van der Waals surface area contributed by atoms with E-state index in [4.69, 9.17) is 4.84 Å². The fourth-order valence-corrected chi connectivity index (χ4v) is 4.47. The normalized spacial score (nSPS) is 13.2. The van der Waals surface area contributed by atoms with Crippen molar-refractivity contribution in [3.8, 4) is 0 Å². The molecule has 2 N–H and O–H groups in total. The van der Waals surface area contributed by atoms with E-state index in [0.29, 0.717) is 24.9 Å². The second-order valence-corrected chi connectivity index (χ2v) is 10.5. The number of rotatable bonds is 13. The first kappa shape index (κ1) is 27.3. The number of hydrazine groups is 1. The Bertz CT molecular complexity index is 1010. The van der Waals surface area contributed by atoms with Crippen molar-refractivity contribution in [1.29, 1.82) is 0 Å². The number of carbonyl (C=O) groups is 2. The van der Waals surface area contributed by atoms with Gasteiger partial charge in [-0.2, -0.15) is 4.41 Å². The minimum atomic E-state index is -3.80. The minimum absolute atomic E-state index is 0.108. The third-order valence-corrected chi connectivity index (χ3v) is 6.24. The van der Waals surface area contributed by atoms with Crippen molar-refractivity contribution in [3.63, 3.8) is 0 Å². The molecule has 0 radical (unpaired) electrons. The van der Waals surface area contributed by atoms with E-state index in [9.17, 15) is 18.0 Å². The number of anilines is 1. The molecule has 0 saturated carbocycles. The lowest BCUT2D eigenvalue weighted by molar-refractivity contribution is -0.145. The highest BCUT2D eigenvalue weighted by atomic mass is 32.2. The molecule has 0 aliphatic rings. The molecule has 0 bridgehead atoms. The zero-order valence-electron chi connectivity index (χ0n) is 20.2. The van der Waals surface area contributed by atoms with Crippen LogP contribution in [0.2, 0.25) is 0 Å². The van der Waals surface area contributed by atoms with E-state index in [1.807, 2.05) is 51.1 Å². The van der Waals surface area contributed by atoms with Gasteiger partial charge < -0.3 is 0 Å². The van der Waals surface area contributed by atoms with Gasteiger partial charge in [-0.3, -0.25) is 19.9 Å². The Morgan fingerprint density at radius 2 is 1.53 bits per heavy atom. The average Bonchev–Trinajstić information content (AvgIpc) is 2.80. The van der Waals surface area contributed by atoms with Crippen LogP contribution in [-0.2, 0) is 31.1 Å². The number of sulfonamides is 1. The van der Waals surface area contributed by atoms with Crippen LogP contribution >= 0.6 is 0 Å². The second-order valence-electron chi connectivity index (χ2n) is 8.71. The molecular formula is C25H35N3O5S. The summed E-state index contributed by atoms with van der Waals surface area (Å²) in [5, 5.41) is 0. The van der Waals surface area contributed by atoms with Gasteiger partial charge in [0.1, 0.15) is 0 Å². The van der Waals surface area contributed by atoms with Gasteiger partial charge in [0.2, 0.25) is 21.8 Å². The van der Waals surface area contributed by atoms with E-state index in [2.05, 4.69) is 10.9 Å². The summed E-state index contributed by atoms with van der Waals surface area (Å²) in [5.41, 5.74) is 6.24. The molecule has 0 saturated heterocycles. The molecule has 34 heavy (non-hydrogen) atoms. The molecule has 1 unspecified atom stereocenters. The molecule has 2 amide bonds. The van der Waals surface area contributed by atoms with Crippen molar-refractivity contribution in [2.24, 2.45) is 17.8 Å². The van der Waals surface area contributed by atoms with Crippen LogP contribution in [0, 0.1) is 17.8 Å². The quantitative estimate of drug-likeness (QED) is 0.416. The van der Waals surface area contributed by atoms with Gasteiger partial charge in [0, 0.05) is 0 Å². The molecule has 9 heteroatoms. The van der Waals surface area contributed by atoms with Gasteiger partial charge in [-0.25, -0.2) is 13.9 Å². The van der Waals surface area contributed by atoms with Crippen LogP contribution in [0.25, 0.3) is 0 Å². The fraction of sp³-hybridized carbons (Fsp3) is 0.440. The van der Waals surface area contributed by atoms with Gasteiger partial charge in [-0.1, -0.05) is 75.7 Å². The zero-order valence-corrected chi connectivity index (χ0v) is 21.0. The molecule has 186 valence electrons. The predicted octanol–water partition coefficient (Wildman–Crippen LogP) is 3.81. The number of nitrogens with one attached hydrogen (secondary N) is 2. The Hall–Kier alpha value is -2.91. The molecule has 2 aromatic rings. The summed E-state index contributed by atoms with van der Waals surface area (Å²) >= 11 is 0. The Morgan fingerprint density at radius 3 is 2.06 bits per heavy atom. The van der Waals surface area contributed by atoms with Crippen molar-refractivity contribution in [2.45, 2.75) is 46.6 Å². The SMILES string of the molecule is CCC[C@H](C(=O)NOCc1ccccc1)C(CC(C)C)C(=O)NN(c1ccccc1)S(C)(=O)=O. The maximum atomic E-state index is 13.4. The highest BCUT2D eigenvalue weighted by Gasteiger charge is 2.35. The highest BCUT2D eigenvalue weighted by Crippen LogP contribution is 2.26. The Balaban J connectivity index is 2.21. The molecular weight excluding hydrogens is 454 g/mol. The molecule has 2 rings (SSSR count). The van der Waals surface area contributed by atoms with Gasteiger partial charge in [-0.05, 0) is 36.5 Å². The summed E-state index contributed by atoms with van der Waals surface area (Å²) in [6.07, 6.45) is 2.56. The molecule has 0 aliphatic heterocycles. The van der Waals surface area contributed by atoms with Crippen LogP contribution in [0.3, 0.4) is 0 Å². The number of hydrogen-bond donors (Lipinski definition) is 2. The number of hydrogen-bond acceptors (Lipinski definition) is 5. The number of para-hydroxylation sites is 1. The third-order valence-electron chi connectivity index (χ3n) is 5.27. The summed E-state index contributed by atoms with van der Waals surface area (Å²) < 4.78 is 25.7. The first-order valence-electron chi connectivity index (χ1n) is 11.4. The Labute approximate surface area is 202 Å². The number of hydroxylamine groups is 1. The lowest BCUT2D eigenvalue weighted by Crippen LogP contribution is -2.51. The van der Waals surface area contributed by atoms with Gasteiger partial charge in [0.15, 0.2) is 0 Å². The van der Waals surface area contributed by atoms with Crippen LogP contribution in [0.1, 0.15) is 45.6 Å². The molecule has 0 heterocycles. The largest absolute Gasteiger partial charge is 0.273 e. The van der Waals surface area contributed by atoms with E-state index in [-0.39, 0.29) is 12.5 Å². The zero-order chi connectivity index (χ0) is 25.1. The smallest absolute Gasteiger partial charge is 0.249 e. The number of benzene rings is 2. The van der Waals surface area contributed by atoms with Crippen molar-refractivity contribution in [3.05, 3.63) is 66.2 Å². The predicted molar refractivity (Wildman–Crippen MR) is 133 cm³/mol. The summed E-state index contributed by atoms with van der Waals surface area (Å²) in [4.78, 5) is 31.9. The lowest BCUT2D eigenvalue weighted by Gasteiger charge is -2.30. The van der Waals surface area contributed by atoms with E-state index in [0.717, 1.165) is 16.2 Å². The van der Waals surface area contributed by atoms with E-state index in [1.165, 1.54) is 0 Å². The molecule has 8 nitrogen and oxygen atoms in total. The van der Waals surface area contributed by atoms with Crippen molar-refractivity contribution < 1.29 is 22.8 Å². The van der Waals surface area contributed by atoms with Gasteiger partial charge in [0.05, 0.1) is 30.4 Å². The van der Waals surface area contributed by atoms with Crippen molar-refractivity contribution >= 4 is 27.5 Å². The maximum Gasteiger partial charge on any atom is 0.249 e. The topological polar surface area (TPSA) is 105 Å². The Kier molecular flexibility index (Phi) is 10.5. The van der Waals surface area contributed by atoms with Crippen LogP contribution in [-0.4, -0.2) is 26.5 Å². The number of amides is 2. The second kappa shape index (κ2) is 13.1. The summed E-state index contributed by atoms with van der Waals surface area (Å²) in [6.45, 7) is 6.04. The first-order chi connectivity index (χ1) is 16.1. The highest BCUT2D eigenvalue weighted by molar-refractivity contribution is 7.92. The number of carbonyl (C=O) groups excluding carboxylic acids is 2. The van der Waals surface area contributed by atoms with Crippen molar-refractivity contribution in [1.82, 2.24) is 10.9 Å². The maximum absolute atomic E-state index is 13.4. The standard InChI is InChI=1S/C25H35N3O5S/c1-5-12-22(25(30)27-33-18-20-13-8-6-9-14-20)23(17-19(2)3)24(29)26-28(34(4,31)32)21-15-10-7-11-16-21/h6-11,13-16,19,22-23H,5,12,17-18H2,1-4H3,(H,26,29)(H,27,30)/t22-,23?/m0/s1. The van der Waals surface area contributed by atoms with E-state index < -0.39 is 33.7 Å². The van der Waals surface area contributed by atoms with E-state index in [1.54, 1.807) is 30.3 Å². The average molecular weight is 490 g/mol. The summed E-state index contributed by atoms with van der Waals surface area (Å²) in [6, 6.07) is 17.7. The first-order valence-corrected chi connectivity index (χ1v) is 13.3. The molecule has 0 fully saturated rings. The van der Waals surface area contributed by atoms with Crippen molar-refractivity contribution in [2.75, 3.05) is 10.7 Å².